The molecular formula is C20H28N4O4. The minimum atomic E-state index is -0.421. The van der Waals surface area contributed by atoms with Crippen molar-refractivity contribution in [2.45, 2.75) is 45.6 Å². The molecule has 0 aromatic heterocycles. The average Bonchev–Trinajstić information content (AvgIpc) is 3.22. The Morgan fingerprint density at radius 3 is 2.36 bits per heavy atom. The molecule has 152 valence electrons. The van der Waals surface area contributed by atoms with Crippen LogP contribution in [0.25, 0.3) is 0 Å². The Morgan fingerprint density at radius 1 is 1.18 bits per heavy atom. The minimum Gasteiger partial charge on any atom is -0.362 e. The third-order valence-electron chi connectivity index (χ3n) is 5.85. The fourth-order valence-electron chi connectivity index (χ4n) is 4.28. The normalized spacial score (nSPS) is 17.6. The summed E-state index contributed by atoms with van der Waals surface area (Å²) in [5, 5.41) is 11.7. The zero-order valence-corrected chi connectivity index (χ0v) is 16.6. The SMILES string of the molecule is CCN(C(=O)c1ccc(N2CCN(C(C)=O)CC2)c([N+](=O)[O-])c1)C1CCCC1. The summed E-state index contributed by atoms with van der Waals surface area (Å²) in [5.74, 6) is -0.118. The molecule has 1 aromatic rings. The van der Waals surface area contributed by atoms with Gasteiger partial charge in [0.15, 0.2) is 0 Å². The molecule has 1 aromatic carbocycles. The van der Waals surface area contributed by atoms with E-state index in [4.69, 9.17) is 0 Å². The molecule has 1 saturated carbocycles. The van der Waals surface area contributed by atoms with Gasteiger partial charge in [-0.1, -0.05) is 12.8 Å². The van der Waals surface area contributed by atoms with Crippen molar-refractivity contribution in [3.63, 3.8) is 0 Å². The summed E-state index contributed by atoms with van der Waals surface area (Å²) in [6.07, 6.45) is 4.25. The highest BCUT2D eigenvalue weighted by Gasteiger charge is 2.29. The van der Waals surface area contributed by atoms with Gasteiger partial charge >= 0.3 is 0 Å². The number of nitro benzene ring substituents is 1. The largest absolute Gasteiger partial charge is 0.362 e. The number of rotatable bonds is 5. The van der Waals surface area contributed by atoms with Crippen LogP contribution in [0, 0.1) is 10.1 Å². The van der Waals surface area contributed by atoms with Crippen molar-refractivity contribution in [3.8, 4) is 0 Å². The van der Waals surface area contributed by atoms with Gasteiger partial charge in [-0.2, -0.15) is 0 Å². The second-order valence-corrected chi connectivity index (χ2v) is 7.48. The van der Waals surface area contributed by atoms with Crippen LogP contribution < -0.4 is 4.90 Å². The van der Waals surface area contributed by atoms with Crippen LogP contribution in [0.4, 0.5) is 11.4 Å². The smallest absolute Gasteiger partial charge is 0.293 e. The van der Waals surface area contributed by atoms with E-state index in [1.807, 2.05) is 16.7 Å². The first kappa shape index (κ1) is 20.1. The number of benzene rings is 1. The number of piperazine rings is 1. The van der Waals surface area contributed by atoms with E-state index in [2.05, 4.69) is 0 Å². The lowest BCUT2D eigenvalue weighted by molar-refractivity contribution is -0.384. The van der Waals surface area contributed by atoms with Crippen molar-refractivity contribution in [2.24, 2.45) is 0 Å². The molecule has 1 aliphatic carbocycles. The molecule has 0 bridgehead atoms. The van der Waals surface area contributed by atoms with Crippen molar-refractivity contribution in [1.82, 2.24) is 9.80 Å². The summed E-state index contributed by atoms with van der Waals surface area (Å²) in [7, 11) is 0. The van der Waals surface area contributed by atoms with Crippen LogP contribution in [0.5, 0.6) is 0 Å². The summed E-state index contributed by atoms with van der Waals surface area (Å²) in [5.41, 5.74) is 0.824. The van der Waals surface area contributed by atoms with Gasteiger partial charge in [-0.3, -0.25) is 19.7 Å². The quantitative estimate of drug-likeness (QED) is 0.572. The van der Waals surface area contributed by atoms with Crippen molar-refractivity contribution >= 4 is 23.2 Å². The first-order valence-corrected chi connectivity index (χ1v) is 10.0. The maximum atomic E-state index is 13.0. The zero-order chi connectivity index (χ0) is 20.3. The van der Waals surface area contributed by atoms with Gasteiger partial charge < -0.3 is 14.7 Å². The molecule has 1 aliphatic heterocycles. The molecule has 0 unspecified atom stereocenters. The van der Waals surface area contributed by atoms with Crippen LogP contribution >= 0.6 is 0 Å². The fraction of sp³-hybridized carbons (Fsp3) is 0.600. The highest BCUT2D eigenvalue weighted by molar-refractivity contribution is 5.96. The van der Waals surface area contributed by atoms with Crippen molar-refractivity contribution in [3.05, 3.63) is 33.9 Å². The first-order chi connectivity index (χ1) is 13.4. The number of amides is 2. The van der Waals surface area contributed by atoms with Crippen LogP contribution in [0.1, 0.15) is 49.9 Å². The van der Waals surface area contributed by atoms with Gasteiger partial charge in [0.2, 0.25) is 5.91 Å². The Morgan fingerprint density at radius 2 is 1.82 bits per heavy atom. The number of nitrogens with zero attached hydrogens (tertiary/aromatic N) is 4. The van der Waals surface area contributed by atoms with Gasteiger partial charge in [0.05, 0.1) is 4.92 Å². The second-order valence-electron chi connectivity index (χ2n) is 7.48. The maximum Gasteiger partial charge on any atom is 0.293 e. The van der Waals surface area contributed by atoms with E-state index in [0.717, 1.165) is 25.7 Å². The highest BCUT2D eigenvalue weighted by atomic mass is 16.6. The van der Waals surface area contributed by atoms with E-state index < -0.39 is 4.92 Å². The second kappa shape index (κ2) is 8.58. The predicted molar refractivity (Wildman–Crippen MR) is 107 cm³/mol. The standard InChI is InChI=1S/C20H28N4O4/c1-3-23(17-6-4-5-7-17)20(26)16-8-9-18(19(14-16)24(27)28)22-12-10-21(11-13-22)15(2)25/h8-9,14,17H,3-7,10-13H2,1-2H3. The van der Waals surface area contributed by atoms with E-state index in [9.17, 15) is 19.7 Å². The lowest BCUT2D eigenvalue weighted by Gasteiger charge is -2.35. The lowest BCUT2D eigenvalue weighted by Crippen LogP contribution is -2.48. The van der Waals surface area contributed by atoms with Gasteiger partial charge in [0.25, 0.3) is 11.6 Å². The minimum absolute atomic E-state index is 0.0154. The molecule has 8 nitrogen and oxygen atoms in total. The number of anilines is 1. The Bertz CT molecular complexity index is 753. The molecule has 0 atom stereocenters. The molecule has 0 spiro atoms. The number of carbonyl (C=O) groups is 2. The van der Waals surface area contributed by atoms with E-state index in [-0.39, 0.29) is 23.5 Å². The van der Waals surface area contributed by atoms with Crippen LogP contribution in [0.2, 0.25) is 0 Å². The van der Waals surface area contributed by atoms with Gasteiger partial charge in [-0.25, -0.2) is 0 Å². The van der Waals surface area contributed by atoms with E-state index >= 15 is 0 Å². The summed E-state index contributed by atoms with van der Waals surface area (Å²) in [6.45, 7) is 6.24. The molecule has 1 heterocycles. The third-order valence-corrected chi connectivity index (χ3v) is 5.85. The van der Waals surface area contributed by atoms with Gasteiger partial charge in [-0.05, 0) is 31.9 Å². The Balaban J connectivity index is 1.82. The Labute approximate surface area is 165 Å². The first-order valence-electron chi connectivity index (χ1n) is 10.0. The van der Waals surface area contributed by atoms with Crippen LogP contribution in [-0.4, -0.2) is 65.3 Å². The number of hydrogen-bond donors (Lipinski definition) is 0. The molecule has 8 heteroatoms. The molecular weight excluding hydrogens is 360 g/mol. The molecule has 3 rings (SSSR count). The molecule has 1 saturated heterocycles. The molecule has 0 radical (unpaired) electrons. The Kier molecular flexibility index (Phi) is 6.16. The maximum absolute atomic E-state index is 13.0. The number of carbonyl (C=O) groups excluding carboxylic acids is 2. The molecule has 28 heavy (non-hydrogen) atoms. The fourth-order valence-corrected chi connectivity index (χ4v) is 4.28. The summed E-state index contributed by atoms with van der Waals surface area (Å²) in [6, 6.07) is 5.01. The summed E-state index contributed by atoms with van der Waals surface area (Å²) >= 11 is 0. The van der Waals surface area contributed by atoms with Crippen molar-refractivity contribution < 1.29 is 14.5 Å². The summed E-state index contributed by atoms with van der Waals surface area (Å²) < 4.78 is 0. The zero-order valence-electron chi connectivity index (χ0n) is 16.6. The summed E-state index contributed by atoms with van der Waals surface area (Å²) in [4.78, 5) is 41.3. The Hall–Kier alpha value is -2.64. The predicted octanol–water partition coefficient (Wildman–Crippen LogP) is 2.67. The van der Waals surface area contributed by atoms with Crippen LogP contribution in [-0.2, 0) is 4.79 Å². The monoisotopic (exact) mass is 388 g/mol. The van der Waals surface area contributed by atoms with Gasteiger partial charge in [0, 0.05) is 57.3 Å². The molecule has 2 amide bonds. The highest BCUT2D eigenvalue weighted by Crippen LogP contribution is 2.32. The van der Waals surface area contributed by atoms with Gasteiger partial charge in [0.1, 0.15) is 5.69 Å². The third kappa shape index (κ3) is 4.10. The number of hydrogen-bond acceptors (Lipinski definition) is 5. The van der Waals surface area contributed by atoms with Crippen molar-refractivity contribution in [2.75, 3.05) is 37.6 Å². The van der Waals surface area contributed by atoms with E-state index in [1.54, 1.807) is 17.0 Å². The van der Waals surface area contributed by atoms with E-state index in [0.29, 0.717) is 44.0 Å². The van der Waals surface area contributed by atoms with Crippen molar-refractivity contribution in [1.29, 1.82) is 0 Å². The van der Waals surface area contributed by atoms with E-state index in [1.165, 1.54) is 13.0 Å². The van der Waals surface area contributed by atoms with Gasteiger partial charge in [-0.15, -0.1) is 0 Å². The lowest BCUT2D eigenvalue weighted by atomic mass is 10.1. The average molecular weight is 388 g/mol. The topological polar surface area (TPSA) is 87.0 Å². The van der Waals surface area contributed by atoms with Crippen LogP contribution in [0.3, 0.4) is 0 Å². The molecule has 2 fully saturated rings. The van der Waals surface area contributed by atoms with Crippen LogP contribution in [0.15, 0.2) is 18.2 Å². The molecule has 0 N–H and O–H groups in total. The molecule has 2 aliphatic rings. The number of nitro groups is 1.